The Morgan fingerprint density at radius 3 is 2.31 bits per heavy atom. The monoisotopic (exact) mass is 396 g/mol. The molecule has 2 aromatic rings. The van der Waals surface area contributed by atoms with Gasteiger partial charge in [0.05, 0.1) is 6.61 Å². The Morgan fingerprint density at radius 2 is 1.66 bits per heavy atom. The number of benzene rings is 2. The summed E-state index contributed by atoms with van der Waals surface area (Å²) < 4.78 is 5.37. The van der Waals surface area contributed by atoms with Gasteiger partial charge in [0.1, 0.15) is 5.75 Å². The van der Waals surface area contributed by atoms with Crippen molar-refractivity contribution in [3.63, 3.8) is 0 Å². The summed E-state index contributed by atoms with van der Waals surface area (Å²) in [5, 5.41) is 5.49. The highest BCUT2D eigenvalue weighted by atomic mass is 16.5. The number of nitrogens with one attached hydrogen (secondary N) is 2. The standard InChI is InChI=1S/C22H28N4O3/c1-2-29-20-10-8-18(9-11-20)24-22(28)23-13-12-21(27)26-16-14-25(15-17-26)19-6-4-3-5-7-19/h3-11H,2,12-17H2,1H3,(H2,23,24,28). The van der Waals surface area contributed by atoms with Gasteiger partial charge in [-0.25, -0.2) is 4.79 Å². The number of para-hydroxylation sites is 1. The van der Waals surface area contributed by atoms with E-state index >= 15 is 0 Å². The number of amides is 3. The van der Waals surface area contributed by atoms with Crippen LogP contribution in [0.15, 0.2) is 54.6 Å². The molecule has 0 aliphatic carbocycles. The highest BCUT2D eigenvalue weighted by Crippen LogP contribution is 2.16. The van der Waals surface area contributed by atoms with Crippen LogP contribution in [0.2, 0.25) is 0 Å². The van der Waals surface area contributed by atoms with E-state index in [0.29, 0.717) is 38.3 Å². The van der Waals surface area contributed by atoms with Crippen molar-refractivity contribution < 1.29 is 14.3 Å². The third-order valence-electron chi connectivity index (χ3n) is 4.80. The smallest absolute Gasteiger partial charge is 0.319 e. The van der Waals surface area contributed by atoms with Crippen LogP contribution in [0.1, 0.15) is 13.3 Å². The Kier molecular flexibility index (Phi) is 7.33. The lowest BCUT2D eigenvalue weighted by atomic mass is 10.2. The number of urea groups is 1. The zero-order chi connectivity index (χ0) is 20.5. The zero-order valence-electron chi connectivity index (χ0n) is 16.8. The molecule has 0 atom stereocenters. The first kappa shape index (κ1) is 20.5. The van der Waals surface area contributed by atoms with E-state index in [4.69, 9.17) is 4.74 Å². The van der Waals surface area contributed by atoms with E-state index < -0.39 is 0 Å². The Labute approximate surface area is 171 Å². The number of carbonyl (C=O) groups is 2. The minimum absolute atomic E-state index is 0.0686. The second kappa shape index (κ2) is 10.4. The molecule has 3 amide bonds. The van der Waals surface area contributed by atoms with Crippen LogP contribution in [0, 0.1) is 0 Å². The molecule has 0 unspecified atom stereocenters. The maximum Gasteiger partial charge on any atom is 0.319 e. The van der Waals surface area contributed by atoms with Gasteiger partial charge in [0.15, 0.2) is 0 Å². The molecule has 0 spiro atoms. The van der Waals surface area contributed by atoms with Gasteiger partial charge in [-0.3, -0.25) is 4.79 Å². The fourth-order valence-electron chi connectivity index (χ4n) is 3.27. The summed E-state index contributed by atoms with van der Waals surface area (Å²) in [6.07, 6.45) is 0.294. The molecule has 1 heterocycles. The molecule has 0 aromatic heterocycles. The molecule has 2 aromatic carbocycles. The molecule has 3 rings (SSSR count). The van der Waals surface area contributed by atoms with Crippen LogP contribution in [0.3, 0.4) is 0 Å². The first-order chi connectivity index (χ1) is 14.2. The quantitative estimate of drug-likeness (QED) is 0.755. The fourth-order valence-corrected chi connectivity index (χ4v) is 3.27. The average molecular weight is 396 g/mol. The second-order valence-electron chi connectivity index (χ2n) is 6.79. The van der Waals surface area contributed by atoms with Crippen molar-refractivity contribution in [2.24, 2.45) is 0 Å². The average Bonchev–Trinajstić information content (AvgIpc) is 2.76. The molecule has 0 bridgehead atoms. The fraction of sp³-hybridized carbons (Fsp3) is 0.364. The molecule has 7 nitrogen and oxygen atoms in total. The zero-order valence-corrected chi connectivity index (χ0v) is 16.8. The number of hydrogen-bond donors (Lipinski definition) is 2. The Bertz CT molecular complexity index is 787. The molecule has 1 aliphatic heterocycles. The van der Waals surface area contributed by atoms with Crippen molar-refractivity contribution in [1.29, 1.82) is 0 Å². The van der Waals surface area contributed by atoms with Gasteiger partial charge in [0.2, 0.25) is 5.91 Å². The van der Waals surface area contributed by atoms with Gasteiger partial charge >= 0.3 is 6.03 Å². The van der Waals surface area contributed by atoms with E-state index in [0.717, 1.165) is 18.8 Å². The maximum absolute atomic E-state index is 12.4. The summed E-state index contributed by atoms with van der Waals surface area (Å²) in [5.74, 6) is 0.829. The van der Waals surface area contributed by atoms with E-state index in [1.54, 1.807) is 24.3 Å². The highest BCUT2D eigenvalue weighted by molar-refractivity contribution is 5.89. The third-order valence-corrected chi connectivity index (χ3v) is 4.80. The van der Waals surface area contributed by atoms with E-state index in [1.165, 1.54) is 5.69 Å². The van der Waals surface area contributed by atoms with Crippen molar-refractivity contribution in [1.82, 2.24) is 10.2 Å². The SMILES string of the molecule is CCOc1ccc(NC(=O)NCCC(=O)N2CCN(c3ccccc3)CC2)cc1. The normalized spacial score (nSPS) is 13.7. The van der Waals surface area contributed by atoms with E-state index in [9.17, 15) is 9.59 Å². The molecule has 0 radical (unpaired) electrons. The molecule has 1 aliphatic rings. The lowest BCUT2D eigenvalue weighted by Crippen LogP contribution is -2.49. The van der Waals surface area contributed by atoms with Crippen molar-refractivity contribution in [2.75, 3.05) is 49.5 Å². The maximum atomic E-state index is 12.4. The van der Waals surface area contributed by atoms with Crippen molar-refractivity contribution in [3.8, 4) is 5.75 Å². The minimum Gasteiger partial charge on any atom is -0.494 e. The van der Waals surface area contributed by atoms with Gasteiger partial charge in [-0.2, -0.15) is 0 Å². The predicted octanol–water partition coefficient (Wildman–Crippen LogP) is 2.95. The Balaban J connectivity index is 1.35. The van der Waals surface area contributed by atoms with E-state index in [2.05, 4.69) is 27.7 Å². The molecule has 1 saturated heterocycles. The Hall–Kier alpha value is -3.22. The van der Waals surface area contributed by atoms with Crippen molar-refractivity contribution >= 4 is 23.3 Å². The summed E-state index contributed by atoms with van der Waals surface area (Å²) >= 11 is 0. The molecule has 7 heteroatoms. The number of nitrogens with zero attached hydrogens (tertiary/aromatic N) is 2. The predicted molar refractivity (Wildman–Crippen MR) is 114 cm³/mol. The first-order valence-corrected chi connectivity index (χ1v) is 10.0. The Morgan fingerprint density at radius 1 is 0.966 bits per heavy atom. The van der Waals surface area contributed by atoms with E-state index in [-0.39, 0.29) is 11.9 Å². The molecular weight excluding hydrogens is 368 g/mol. The summed E-state index contributed by atoms with van der Waals surface area (Å²) in [7, 11) is 0. The van der Waals surface area contributed by atoms with Gasteiger partial charge < -0.3 is 25.2 Å². The molecule has 2 N–H and O–H groups in total. The van der Waals surface area contributed by atoms with Crippen LogP contribution in [0.4, 0.5) is 16.2 Å². The van der Waals surface area contributed by atoms with Crippen LogP contribution < -0.4 is 20.3 Å². The number of piperazine rings is 1. The van der Waals surface area contributed by atoms with Crippen molar-refractivity contribution in [3.05, 3.63) is 54.6 Å². The third kappa shape index (κ3) is 6.14. The van der Waals surface area contributed by atoms with Gasteiger partial charge in [-0.05, 0) is 43.3 Å². The molecular formula is C22H28N4O3. The number of rotatable bonds is 7. The molecule has 1 fully saturated rings. The van der Waals surface area contributed by atoms with Gasteiger partial charge in [0, 0.05) is 50.5 Å². The van der Waals surface area contributed by atoms with Gasteiger partial charge in [0.25, 0.3) is 0 Å². The highest BCUT2D eigenvalue weighted by Gasteiger charge is 2.20. The second-order valence-corrected chi connectivity index (χ2v) is 6.79. The number of carbonyl (C=O) groups excluding carboxylic acids is 2. The van der Waals surface area contributed by atoms with Crippen molar-refractivity contribution in [2.45, 2.75) is 13.3 Å². The van der Waals surface area contributed by atoms with Crippen LogP contribution in [0.5, 0.6) is 5.75 Å². The van der Waals surface area contributed by atoms with Crippen LogP contribution >= 0.6 is 0 Å². The topological polar surface area (TPSA) is 73.9 Å². The lowest BCUT2D eigenvalue weighted by molar-refractivity contribution is -0.131. The van der Waals surface area contributed by atoms with Crippen LogP contribution in [0.25, 0.3) is 0 Å². The number of ether oxygens (including phenoxy) is 1. The number of anilines is 2. The van der Waals surface area contributed by atoms with Crippen LogP contribution in [-0.4, -0.2) is 56.2 Å². The summed E-state index contributed by atoms with van der Waals surface area (Å²) in [5.41, 5.74) is 1.86. The van der Waals surface area contributed by atoms with Gasteiger partial charge in [-0.15, -0.1) is 0 Å². The molecule has 154 valence electrons. The summed E-state index contributed by atoms with van der Waals surface area (Å²) in [6.45, 7) is 5.87. The minimum atomic E-state index is -0.323. The number of hydrogen-bond acceptors (Lipinski definition) is 4. The molecule has 0 saturated carbocycles. The first-order valence-electron chi connectivity index (χ1n) is 10.0. The largest absolute Gasteiger partial charge is 0.494 e. The summed E-state index contributed by atoms with van der Waals surface area (Å²) in [6, 6.07) is 17.1. The summed E-state index contributed by atoms with van der Waals surface area (Å²) in [4.78, 5) is 28.5. The van der Waals surface area contributed by atoms with Crippen LogP contribution in [-0.2, 0) is 4.79 Å². The van der Waals surface area contributed by atoms with E-state index in [1.807, 2.05) is 30.0 Å². The molecule has 29 heavy (non-hydrogen) atoms. The van der Waals surface area contributed by atoms with Gasteiger partial charge in [-0.1, -0.05) is 18.2 Å². The lowest BCUT2D eigenvalue weighted by Gasteiger charge is -2.36.